The lowest BCUT2D eigenvalue weighted by atomic mass is 10.1. The monoisotopic (exact) mass is 271 g/mol. The lowest BCUT2D eigenvalue weighted by Gasteiger charge is -2.19. The normalized spacial score (nSPS) is 10.3. The molecule has 0 radical (unpaired) electrons. The van der Waals surface area contributed by atoms with Crippen LogP contribution in [0.1, 0.15) is 18.9 Å². The minimum absolute atomic E-state index is 0.548. The van der Waals surface area contributed by atoms with E-state index >= 15 is 0 Å². The van der Waals surface area contributed by atoms with Crippen molar-refractivity contribution in [3.8, 4) is 0 Å². The molecule has 0 aliphatic heterocycles. The van der Waals surface area contributed by atoms with Gasteiger partial charge in [0, 0.05) is 19.7 Å². The van der Waals surface area contributed by atoms with Crippen LogP contribution in [0.2, 0.25) is 0 Å². The van der Waals surface area contributed by atoms with Crippen LogP contribution in [0.3, 0.4) is 0 Å². The van der Waals surface area contributed by atoms with Crippen LogP contribution in [0.15, 0.2) is 30.6 Å². The maximum Gasteiger partial charge on any atom is 0.139 e. The molecular weight excluding hydrogens is 250 g/mol. The number of hydrogen-bond donors (Lipinski definition) is 2. The number of nitrogens with two attached hydrogens (primary N) is 1. The molecule has 106 valence electrons. The van der Waals surface area contributed by atoms with E-state index in [1.165, 1.54) is 6.33 Å². The lowest BCUT2D eigenvalue weighted by Crippen LogP contribution is -2.12. The van der Waals surface area contributed by atoms with Gasteiger partial charge >= 0.3 is 0 Å². The third-order valence-corrected chi connectivity index (χ3v) is 3.12. The molecule has 1 aromatic carbocycles. The highest BCUT2D eigenvalue weighted by atomic mass is 15.1. The molecule has 1 heterocycles. The predicted molar refractivity (Wildman–Crippen MR) is 84.5 cm³/mol. The van der Waals surface area contributed by atoms with Crippen LogP contribution in [0.25, 0.3) is 0 Å². The summed E-state index contributed by atoms with van der Waals surface area (Å²) >= 11 is 0. The first-order chi connectivity index (χ1) is 9.63. The minimum Gasteiger partial charge on any atom is -0.383 e. The number of nitrogens with zero attached hydrogens (tertiary/aromatic N) is 3. The van der Waals surface area contributed by atoms with Crippen molar-refractivity contribution in [2.45, 2.75) is 19.8 Å². The van der Waals surface area contributed by atoms with Crippen LogP contribution in [0.4, 0.5) is 23.0 Å². The smallest absolute Gasteiger partial charge is 0.139 e. The van der Waals surface area contributed by atoms with Crippen molar-refractivity contribution in [1.29, 1.82) is 0 Å². The Kier molecular flexibility index (Phi) is 4.40. The molecule has 0 aliphatic carbocycles. The second kappa shape index (κ2) is 6.23. The molecule has 0 spiro atoms. The topological polar surface area (TPSA) is 67.1 Å². The Bertz CT molecular complexity index is 580. The number of rotatable bonds is 5. The molecule has 0 atom stereocenters. The Morgan fingerprint density at radius 3 is 2.65 bits per heavy atom. The lowest BCUT2D eigenvalue weighted by molar-refractivity contribution is 0.908. The third-order valence-electron chi connectivity index (χ3n) is 3.12. The van der Waals surface area contributed by atoms with Crippen molar-refractivity contribution in [3.05, 3.63) is 36.2 Å². The van der Waals surface area contributed by atoms with Crippen LogP contribution in [0, 0.1) is 0 Å². The third kappa shape index (κ3) is 2.99. The first-order valence-corrected chi connectivity index (χ1v) is 6.76. The molecule has 0 bridgehead atoms. The molecule has 2 rings (SSSR count). The first kappa shape index (κ1) is 14.1. The van der Waals surface area contributed by atoms with Crippen molar-refractivity contribution in [1.82, 2.24) is 9.97 Å². The number of hydrogen-bond acceptors (Lipinski definition) is 5. The van der Waals surface area contributed by atoms with Crippen LogP contribution in [-0.4, -0.2) is 24.1 Å². The molecular formula is C15H21N5. The standard InChI is InChI=1S/C15H21N5/c1-4-7-11-14(16)17-10-18-15(11)19-12-8-5-6-9-13(12)20(2)3/h5-6,8-10H,4,7H2,1-3H3,(H3,16,17,18,19). The van der Waals surface area contributed by atoms with Gasteiger partial charge in [0.05, 0.1) is 11.4 Å². The molecule has 0 fully saturated rings. The van der Waals surface area contributed by atoms with Gasteiger partial charge in [0.25, 0.3) is 0 Å². The molecule has 0 saturated carbocycles. The van der Waals surface area contributed by atoms with E-state index in [1.54, 1.807) is 0 Å². The van der Waals surface area contributed by atoms with Gasteiger partial charge in [0.2, 0.25) is 0 Å². The summed E-state index contributed by atoms with van der Waals surface area (Å²) < 4.78 is 0. The van der Waals surface area contributed by atoms with Crippen LogP contribution >= 0.6 is 0 Å². The van der Waals surface area contributed by atoms with Crippen molar-refractivity contribution in [2.24, 2.45) is 0 Å². The predicted octanol–water partition coefficient (Wildman–Crippen LogP) is 2.82. The summed E-state index contributed by atoms with van der Waals surface area (Å²) in [4.78, 5) is 10.5. The van der Waals surface area contributed by atoms with E-state index in [-0.39, 0.29) is 0 Å². The fraction of sp³-hybridized carbons (Fsp3) is 0.333. The highest BCUT2D eigenvalue weighted by Crippen LogP contribution is 2.29. The van der Waals surface area contributed by atoms with Crippen LogP contribution in [0.5, 0.6) is 0 Å². The second-order valence-corrected chi connectivity index (χ2v) is 4.87. The van der Waals surface area contributed by atoms with E-state index in [0.717, 1.165) is 35.6 Å². The SMILES string of the molecule is CCCc1c(N)ncnc1Nc1ccccc1N(C)C. The molecule has 3 N–H and O–H groups in total. The molecule has 5 heteroatoms. The summed E-state index contributed by atoms with van der Waals surface area (Å²) in [7, 11) is 4.03. The Labute approximate surface area is 119 Å². The zero-order valence-electron chi connectivity index (χ0n) is 12.2. The quantitative estimate of drug-likeness (QED) is 0.875. The van der Waals surface area contributed by atoms with Gasteiger partial charge < -0.3 is 16.0 Å². The second-order valence-electron chi connectivity index (χ2n) is 4.87. The van der Waals surface area contributed by atoms with E-state index < -0.39 is 0 Å². The molecule has 1 aromatic heterocycles. The van der Waals surface area contributed by atoms with Crippen molar-refractivity contribution in [2.75, 3.05) is 30.0 Å². The van der Waals surface area contributed by atoms with Crippen molar-refractivity contribution < 1.29 is 0 Å². The zero-order valence-corrected chi connectivity index (χ0v) is 12.2. The molecule has 20 heavy (non-hydrogen) atoms. The zero-order chi connectivity index (χ0) is 14.5. The number of benzene rings is 1. The molecule has 2 aromatic rings. The van der Waals surface area contributed by atoms with Crippen molar-refractivity contribution >= 4 is 23.0 Å². The van der Waals surface area contributed by atoms with Gasteiger partial charge in [-0.3, -0.25) is 0 Å². The van der Waals surface area contributed by atoms with Gasteiger partial charge in [-0.2, -0.15) is 0 Å². The largest absolute Gasteiger partial charge is 0.383 e. The van der Waals surface area contributed by atoms with Crippen LogP contribution in [-0.2, 0) is 6.42 Å². The fourth-order valence-corrected chi connectivity index (χ4v) is 2.13. The Hall–Kier alpha value is -2.30. The summed E-state index contributed by atoms with van der Waals surface area (Å²) in [5.74, 6) is 1.33. The number of nitrogen functional groups attached to an aromatic ring is 1. The summed E-state index contributed by atoms with van der Waals surface area (Å²) in [5.41, 5.74) is 9.04. The summed E-state index contributed by atoms with van der Waals surface area (Å²) in [6.45, 7) is 2.12. The molecule has 5 nitrogen and oxygen atoms in total. The highest BCUT2D eigenvalue weighted by Gasteiger charge is 2.11. The van der Waals surface area contributed by atoms with Gasteiger partial charge in [0.1, 0.15) is 18.0 Å². The minimum atomic E-state index is 0.548. The molecule has 0 unspecified atom stereocenters. The number of aromatic nitrogens is 2. The maximum absolute atomic E-state index is 5.96. The summed E-state index contributed by atoms with van der Waals surface area (Å²) in [6.07, 6.45) is 3.36. The fourth-order valence-electron chi connectivity index (χ4n) is 2.13. The highest BCUT2D eigenvalue weighted by molar-refractivity contribution is 5.75. The van der Waals surface area contributed by atoms with E-state index in [4.69, 9.17) is 5.73 Å². The van der Waals surface area contributed by atoms with E-state index in [0.29, 0.717) is 5.82 Å². The van der Waals surface area contributed by atoms with E-state index in [9.17, 15) is 0 Å². The Morgan fingerprint density at radius 2 is 1.95 bits per heavy atom. The average Bonchev–Trinajstić information content (AvgIpc) is 2.43. The maximum atomic E-state index is 5.96. The van der Waals surface area contributed by atoms with E-state index in [2.05, 4.69) is 33.2 Å². The van der Waals surface area contributed by atoms with Gasteiger partial charge in [-0.25, -0.2) is 9.97 Å². The van der Waals surface area contributed by atoms with Crippen molar-refractivity contribution in [3.63, 3.8) is 0 Å². The van der Waals surface area contributed by atoms with Gasteiger partial charge in [0.15, 0.2) is 0 Å². The van der Waals surface area contributed by atoms with Gasteiger partial charge in [-0.05, 0) is 18.6 Å². The summed E-state index contributed by atoms with van der Waals surface area (Å²) in [6, 6.07) is 8.11. The Morgan fingerprint density at radius 1 is 1.20 bits per heavy atom. The molecule has 0 saturated heterocycles. The average molecular weight is 271 g/mol. The summed E-state index contributed by atoms with van der Waals surface area (Å²) in [5, 5.41) is 3.38. The van der Waals surface area contributed by atoms with Crippen LogP contribution < -0.4 is 16.0 Å². The van der Waals surface area contributed by atoms with E-state index in [1.807, 2.05) is 32.3 Å². The number of anilines is 4. The molecule has 0 aliphatic rings. The number of para-hydroxylation sites is 2. The van der Waals surface area contributed by atoms with Gasteiger partial charge in [-0.1, -0.05) is 25.5 Å². The Balaban J connectivity index is 2.38. The first-order valence-electron chi connectivity index (χ1n) is 6.76. The number of nitrogens with one attached hydrogen (secondary N) is 1. The molecule has 0 amide bonds. The van der Waals surface area contributed by atoms with Gasteiger partial charge in [-0.15, -0.1) is 0 Å².